The number of para-hydroxylation sites is 1. The summed E-state index contributed by atoms with van der Waals surface area (Å²) in [5, 5.41) is 6.68. The summed E-state index contributed by atoms with van der Waals surface area (Å²) in [5.74, 6) is -0.311. The lowest BCUT2D eigenvalue weighted by molar-refractivity contribution is 0.0466. The Morgan fingerprint density at radius 1 is 0.962 bits per heavy atom. The van der Waals surface area contributed by atoms with Gasteiger partial charge in [-0.2, -0.15) is 0 Å². The average Bonchev–Trinajstić information content (AvgIpc) is 2.66. The second kappa shape index (κ2) is 10.5. The van der Waals surface area contributed by atoms with Crippen LogP contribution in [0, 0.1) is 0 Å². The maximum absolute atomic E-state index is 12.1. The van der Waals surface area contributed by atoms with E-state index < -0.39 is 0 Å². The van der Waals surface area contributed by atoms with Crippen LogP contribution in [0.2, 0.25) is 0 Å². The highest BCUT2D eigenvalue weighted by Crippen LogP contribution is 2.12. The van der Waals surface area contributed by atoms with Gasteiger partial charge in [0, 0.05) is 17.9 Å². The molecule has 0 aromatic heterocycles. The van der Waals surface area contributed by atoms with Crippen LogP contribution in [0.4, 0.5) is 11.4 Å². The highest BCUT2D eigenvalue weighted by molar-refractivity contribution is 7.80. The van der Waals surface area contributed by atoms with Gasteiger partial charge in [0.05, 0.1) is 5.56 Å². The van der Waals surface area contributed by atoms with Gasteiger partial charge in [0.2, 0.25) is 0 Å². The number of rotatable bonds is 8. The van der Waals surface area contributed by atoms with E-state index in [1.54, 1.807) is 24.3 Å². The van der Waals surface area contributed by atoms with Crippen molar-refractivity contribution in [2.45, 2.75) is 13.8 Å². The Morgan fingerprint density at radius 3 is 2.12 bits per heavy atom. The van der Waals surface area contributed by atoms with Gasteiger partial charge in [0.25, 0.3) is 0 Å². The number of likely N-dealkylation sites (N-methyl/N-ethyl adjacent to an activating group) is 1. The number of hydrogen-bond acceptors (Lipinski definition) is 4. The molecule has 0 unspecified atom stereocenters. The van der Waals surface area contributed by atoms with Crippen LogP contribution in [-0.2, 0) is 4.74 Å². The fourth-order valence-corrected chi connectivity index (χ4v) is 2.63. The molecule has 0 fully saturated rings. The van der Waals surface area contributed by atoms with Crippen molar-refractivity contribution < 1.29 is 9.53 Å². The average molecular weight is 372 g/mol. The Balaban J connectivity index is 1.81. The molecule has 0 aliphatic carbocycles. The number of ether oxygens (including phenoxy) is 1. The number of carbonyl (C=O) groups is 1. The van der Waals surface area contributed by atoms with E-state index >= 15 is 0 Å². The lowest BCUT2D eigenvalue weighted by atomic mass is 10.2. The van der Waals surface area contributed by atoms with Crippen molar-refractivity contribution >= 4 is 34.7 Å². The molecule has 5 nitrogen and oxygen atoms in total. The molecule has 138 valence electrons. The number of anilines is 2. The SMILES string of the molecule is CCN(CC)CCOC(=O)c1ccc(NC(=S)Nc2ccccc2)cc1. The predicted molar refractivity (Wildman–Crippen MR) is 111 cm³/mol. The van der Waals surface area contributed by atoms with Gasteiger partial charge in [-0.1, -0.05) is 32.0 Å². The molecule has 0 bridgehead atoms. The van der Waals surface area contributed by atoms with Crippen molar-refractivity contribution in [3.63, 3.8) is 0 Å². The minimum atomic E-state index is -0.311. The van der Waals surface area contributed by atoms with Crippen molar-refractivity contribution in [1.82, 2.24) is 4.90 Å². The van der Waals surface area contributed by atoms with E-state index in [0.29, 0.717) is 17.3 Å². The molecule has 0 heterocycles. The van der Waals surface area contributed by atoms with Crippen LogP contribution in [0.15, 0.2) is 54.6 Å². The second-order valence-corrected chi connectivity index (χ2v) is 6.09. The molecule has 0 amide bonds. The van der Waals surface area contributed by atoms with E-state index in [4.69, 9.17) is 17.0 Å². The molecule has 2 N–H and O–H groups in total. The molecule has 6 heteroatoms. The highest BCUT2D eigenvalue weighted by Gasteiger charge is 2.08. The van der Waals surface area contributed by atoms with Crippen molar-refractivity contribution in [2.24, 2.45) is 0 Å². The zero-order valence-corrected chi connectivity index (χ0v) is 16.0. The summed E-state index contributed by atoms with van der Waals surface area (Å²) >= 11 is 5.29. The molecule has 2 aromatic rings. The number of esters is 1. The largest absolute Gasteiger partial charge is 0.461 e. The van der Waals surface area contributed by atoms with E-state index in [1.807, 2.05) is 30.3 Å². The Labute approximate surface area is 160 Å². The molecule has 0 spiro atoms. The third-order valence-electron chi connectivity index (χ3n) is 3.95. The summed E-state index contributed by atoms with van der Waals surface area (Å²) in [6, 6.07) is 16.8. The van der Waals surface area contributed by atoms with E-state index in [1.165, 1.54) is 0 Å². The molecular weight excluding hydrogens is 346 g/mol. The lowest BCUT2D eigenvalue weighted by Crippen LogP contribution is -2.27. The maximum atomic E-state index is 12.1. The first kappa shape index (κ1) is 19.9. The molecule has 2 aromatic carbocycles. The Kier molecular flexibility index (Phi) is 8.05. The third-order valence-corrected chi connectivity index (χ3v) is 4.15. The van der Waals surface area contributed by atoms with Crippen molar-refractivity contribution in [3.8, 4) is 0 Å². The van der Waals surface area contributed by atoms with Crippen LogP contribution >= 0.6 is 12.2 Å². The predicted octanol–water partition coefficient (Wildman–Crippen LogP) is 3.99. The van der Waals surface area contributed by atoms with Crippen LogP contribution in [0.1, 0.15) is 24.2 Å². The summed E-state index contributed by atoms with van der Waals surface area (Å²) in [7, 11) is 0. The molecule has 0 saturated heterocycles. The molecular formula is C20H25N3O2S. The van der Waals surface area contributed by atoms with Gasteiger partial charge >= 0.3 is 5.97 Å². The topological polar surface area (TPSA) is 53.6 Å². The normalized spacial score (nSPS) is 10.4. The van der Waals surface area contributed by atoms with Gasteiger partial charge in [-0.05, 0) is 61.7 Å². The maximum Gasteiger partial charge on any atom is 0.338 e. The van der Waals surface area contributed by atoms with Gasteiger partial charge in [-0.25, -0.2) is 4.79 Å². The quantitative estimate of drug-likeness (QED) is 0.540. The number of thiocarbonyl (C=S) groups is 1. The zero-order valence-electron chi connectivity index (χ0n) is 15.2. The fourth-order valence-electron chi connectivity index (χ4n) is 2.40. The van der Waals surface area contributed by atoms with Gasteiger partial charge in [-0.15, -0.1) is 0 Å². The third kappa shape index (κ3) is 6.46. The lowest BCUT2D eigenvalue weighted by Gasteiger charge is -2.17. The van der Waals surface area contributed by atoms with Crippen LogP contribution in [0.3, 0.4) is 0 Å². The van der Waals surface area contributed by atoms with E-state index in [2.05, 4.69) is 29.4 Å². The fraction of sp³-hybridized carbons (Fsp3) is 0.300. The number of nitrogens with zero attached hydrogens (tertiary/aromatic N) is 1. The highest BCUT2D eigenvalue weighted by atomic mass is 32.1. The Hall–Kier alpha value is -2.44. The summed E-state index contributed by atoms with van der Waals surface area (Å²) < 4.78 is 5.32. The summed E-state index contributed by atoms with van der Waals surface area (Å²) in [4.78, 5) is 14.3. The molecule has 2 rings (SSSR count). The van der Waals surface area contributed by atoms with Crippen molar-refractivity contribution in [3.05, 3.63) is 60.2 Å². The number of hydrogen-bond donors (Lipinski definition) is 2. The molecule has 0 aliphatic rings. The van der Waals surface area contributed by atoms with Crippen LogP contribution in [0.25, 0.3) is 0 Å². The first-order valence-electron chi connectivity index (χ1n) is 8.75. The van der Waals surface area contributed by atoms with Crippen LogP contribution in [0.5, 0.6) is 0 Å². The molecule has 0 aliphatic heterocycles. The minimum absolute atomic E-state index is 0.311. The number of carbonyl (C=O) groups excluding carboxylic acids is 1. The van der Waals surface area contributed by atoms with Crippen LogP contribution < -0.4 is 10.6 Å². The van der Waals surface area contributed by atoms with E-state index in [0.717, 1.165) is 31.0 Å². The smallest absolute Gasteiger partial charge is 0.338 e. The molecule has 0 atom stereocenters. The van der Waals surface area contributed by atoms with E-state index in [9.17, 15) is 4.79 Å². The first-order valence-corrected chi connectivity index (χ1v) is 9.15. The Morgan fingerprint density at radius 2 is 1.54 bits per heavy atom. The van der Waals surface area contributed by atoms with Crippen molar-refractivity contribution in [2.75, 3.05) is 36.9 Å². The van der Waals surface area contributed by atoms with Gasteiger partial charge < -0.3 is 20.3 Å². The summed E-state index contributed by atoms with van der Waals surface area (Å²) in [6.45, 7) is 7.22. The summed E-state index contributed by atoms with van der Waals surface area (Å²) in [5.41, 5.74) is 2.24. The monoisotopic (exact) mass is 371 g/mol. The van der Waals surface area contributed by atoms with Gasteiger partial charge in [-0.3, -0.25) is 0 Å². The van der Waals surface area contributed by atoms with E-state index in [-0.39, 0.29) is 5.97 Å². The van der Waals surface area contributed by atoms with Gasteiger partial charge in [0.1, 0.15) is 6.61 Å². The van der Waals surface area contributed by atoms with Gasteiger partial charge in [0.15, 0.2) is 5.11 Å². The molecule has 0 saturated carbocycles. The second-order valence-electron chi connectivity index (χ2n) is 5.69. The molecule has 26 heavy (non-hydrogen) atoms. The summed E-state index contributed by atoms with van der Waals surface area (Å²) in [6.07, 6.45) is 0. The first-order chi connectivity index (χ1) is 12.6. The number of benzene rings is 2. The van der Waals surface area contributed by atoms with Crippen LogP contribution in [-0.4, -0.2) is 42.2 Å². The number of nitrogens with one attached hydrogen (secondary N) is 2. The Bertz CT molecular complexity index is 701. The zero-order chi connectivity index (χ0) is 18.8. The molecule has 0 radical (unpaired) electrons. The standard InChI is InChI=1S/C20H25N3O2S/c1-3-23(4-2)14-15-25-19(24)16-10-12-18(13-11-16)22-20(26)21-17-8-6-5-7-9-17/h5-13H,3-4,14-15H2,1-2H3,(H2,21,22,26). The van der Waals surface area contributed by atoms with Crippen molar-refractivity contribution in [1.29, 1.82) is 0 Å². The minimum Gasteiger partial charge on any atom is -0.461 e.